The first-order valence-electron chi connectivity index (χ1n) is 8.49. The molecule has 0 saturated carbocycles. The van der Waals surface area contributed by atoms with E-state index >= 15 is 0 Å². The topological polar surface area (TPSA) is 60.1 Å². The van der Waals surface area contributed by atoms with Crippen LogP contribution in [0.4, 0.5) is 0 Å². The number of aromatic nitrogens is 1. The van der Waals surface area contributed by atoms with Gasteiger partial charge >= 0.3 is 0 Å². The second kappa shape index (κ2) is 6.33. The minimum atomic E-state index is 0.185. The number of hydrogen-bond donors (Lipinski definition) is 2. The van der Waals surface area contributed by atoms with E-state index in [0.717, 1.165) is 18.5 Å². The average Bonchev–Trinajstić information content (AvgIpc) is 3.05. The monoisotopic (exact) mass is 339 g/mol. The summed E-state index contributed by atoms with van der Waals surface area (Å²) in [7, 11) is 4.93. The van der Waals surface area contributed by atoms with Crippen LogP contribution in [0.2, 0.25) is 0 Å². The van der Waals surface area contributed by atoms with E-state index in [1.54, 1.807) is 21.3 Å². The normalized spacial score (nSPS) is 16.5. The van der Waals surface area contributed by atoms with Crippen LogP contribution in [0.15, 0.2) is 36.4 Å². The Balaban J connectivity index is 1.87. The molecule has 0 spiro atoms. The highest BCUT2D eigenvalue weighted by atomic mass is 16.5. The van der Waals surface area contributed by atoms with Crippen molar-refractivity contribution >= 4 is 10.9 Å². The lowest BCUT2D eigenvalue weighted by atomic mass is 9.94. The van der Waals surface area contributed by atoms with Crippen molar-refractivity contribution in [2.45, 2.75) is 12.5 Å². The van der Waals surface area contributed by atoms with E-state index in [4.69, 9.17) is 14.2 Å². The first kappa shape index (κ1) is 15.8. The number of nitrogens with one attached hydrogen (secondary N) is 1. The number of rotatable bonds is 4. The predicted octanol–water partition coefficient (Wildman–Crippen LogP) is 2.40. The summed E-state index contributed by atoms with van der Waals surface area (Å²) in [6.45, 7) is 1.05. The Morgan fingerprint density at radius 1 is 1.00 bits per heavy atom. The smallest absolute Gasteiger partial charge is 0.203 e. The summed E-state index contributed by atoms with van der Waals surface area (Å²) in [5.41, 5.74) is 5.01. The summed E-state index contributed by atoms with van der Waals surface area (Å²) in [4.78, 5) is 3.62. The van der Waals surface area contributed by atoms with Gasteiger partial charge in [-0.15, -0.1) is 0 Å². The second-order valence-corrected chi connectivity index (χ2v) is 6.27. The Morgan fingerprint density at radius 2 is 1.72 bits per heavy atom. The molecule has 130 valence electrons. The molecule has 3 N–H and O–H groups in total. The summed E-state index contributed by atoms with van der Waals surface area (Å²) < 4.78 is 16.5. The number of hydrogen-bond acceptors (Lipinski definition) is 3. The van der Waals surface area contributed by atoms with Gasteiger partial charge in [0.2, 0.25) is 5.75 Å². The zero-order valence-electron chi connectivity index (χ0n) is 14.8. The predicted molar refractivity (Wildman–Crippen MR) is 96.7 cm³/mol. The molecule has 1 aromatic heterocycles. The Morgan fingerprint density at radius 3 is 2.40 bits per heavy atom. The minimum Gasteiger partial charge on any atom is -0.493 e. The van der Waals surface area contributed by atoms with Crippen LogP contribution in [0.3, 0.4) is 0 Å². The lowest BCUT2D eigenvalue weighted by Crippen LogP contribution is -2.87. The third-order valence-corrected chi connectivity index (χ3v) is 5.00. The molecule has 0 amide bonds. The molecule has 1 unspecified atom stereocenters. The van der Waals surface area contributed by atoms with Gasteiger partial charge in [-0.25, -0.2) is 0 Å². The molecular formula is C20H23N2O3+. The number of fused-ring (bicyclic) bond motifs is 3. The minimum absolute atomic E-state index is 0.185. The van der Waals surface area contributed by atoms with Crippen LogP contribution < -0.4 is 19.5 Å². The fraction of sp³-hybridized carbons (Fsp3) is 0.300. The number of methoxy groups -OCH3 is 3. The van der Waals surface area contributed by atoms with E-state index in [0.29, 0.717) is 17.2 Å². The van der Waals surface area contributed by atoms with Gasteiger partial charge < -0.3 is 24.5 Å². The molecule has 1 aliphatic rings. The average molecular weight is 339 g/mol. The van der Waals surface area contributed by atoms with Gasteiger partial charge in [-0.05, 0) is 23.8 Å². The molecule has 0 fully saturated rings. The number of ether oxygens (including phenoxy) is 3. The lowest BCUT2D eigenvalue weighted by Gasteiger charge is -2.23. The van der Waals surface area contributed by atoms with Gasteiger partial charge in [0, 0.05) is 22.9 Å². The van der Waals surface area contributed by atoms with Gasteiger partial charge in [-0.3, -0.25) is 0 Å². The number of H-pyrrole nitrogens is 1. The van der Waals surface area contributed by atoms with Gasteiger partial charge in [0.15, 0.2) is 17.5 Å². The van der Waals surface area contributed by atoms with Crippen LogP contribution in [0.5, 0.6) is 17.2 Å². The molecule has 4 rings (SSSR count). The summed E-state index contributed by atoms with van der Waals surface area (Å²) in [6, 6.07) is 12.8. The van der Waals surface area contributed by atoms with E-state index in [1.165, 1.54) is 22.2 Å². The fourth-order valence-corrected chi connectivity index (χ4v) is 3.85. The molecule has 25 heavy (non-hydrogen) atoms. The number of nitrogens with two attached hydrogens (primary N) is 1. The molecule has 3 aromatic rings. The van der Waals surface area contributed by atoms with E-state index < -0.39 is 0 Å². The van der Waals surface area contributed by atoms with E-state index in [9.17, 15) is 0 Å². The largest absolute Gasteiger partial charge is 0.493 e. The molecule has 0 radical (unpaired) electrons. The van der Waals surface area contributed by atoms with Crippen molar-refractivity contribution in [3.05, 3.63) is 53.2 Å². The van der Waals surface area contributed by atoms with Crippen LogP contribution in [-0.4, -0.2) is 32.9 Å². The highest BCUT2D eigenvalue weighted by Gasteiger charge is 2.30. The molecule has 2 heterocycles. The maximum Gasteiger partial charge on any atom is 0.203 e. The van der Waals surface area contributed by atoms with Crippen molar-refractivity contribution in [1.82, 2.24) is 4.98 Å². The van der Waals surface area contributed by atoms with Crippen LogP contribution in [-0.2, 0) is 6.42 Å². The van der Waals surface area contributed by atoms with E-state index in [1.807, 2.05) is 12.1 Å². The van der Waals surface area contributed by atoms with Gasteiger partial charge in [0.1, 0.15) is 0 Å². The Bertz CT molecular complexity index is 891. The summed E-state index contributed by atoms with van der Waals surface area (Å²) in [5, 5.41) is 3.68. The van der Waals surface area contributed by atoms with Crippen molar-refractivity contribution in [3.63, 3.8) is 0 Å². The van der Waals surface area contributed by atoms with Crippen molar-refractivity contribution in [2.75, 3.05) is 27.9 Å². The molecule has 1 atom stereocenters. The fourth-order valence-electron chi connectivity index (χ4n) is 3.85. The van der Waals surface area contributed by atoms with Crippen LogP contribution in [0.1, 0.15) is 22.9 Å². The number of quaternary nitrogens is 1. The summed E-state index contributed by atoms with van der Waals surface area (Å²) in [5.74, 6) is 2.00. The zero-order valence-corrected chi connectivity index (χ0v) is 14.8. The quantitative estimate of drug-likeness (QED) is 0.767. The number of benzene rings is 2. The van der Waals surface area contributed by atoms with Crippen molar-refractivity contribution < 1.29 is 19.5 Å². The molecular weight excluding hydrogens is 316 g/mol. The van der Waals surface area contributed by atoms with E-state index in [2.05, 4.69) is 34.6 Å². The summed E-state index contributed by atoms with van der Waals surface area (Å²) in [6.07, 6.45) is 1.07. The maximum absolute atomic E-state index is 5.53. The Labute approximate surface area is 146 Å². The first-order valence-corrected chi connectivity index (χ1v) is 8.49. The Kier molecular flexibility index (Phi) is 4.01. The zero-order chi connectivity index (χ0) is 17.4. The van der Waals surface area contributed by atoms with Gasteiger partial charge in [0.25, 0.3) is 0 Å². The maximum atomic E-state index is 5.53. The van der Waals surface area contributed by atoms with Gasteiger partial charge in [0.05, 0.1) is 33.6 Å². The standard InChI is InChI=1S/C20H22N2O3/c1-23-16-10-12(11-17(24-2)20(16)25-3)18-19-14(8-9-21-18)13-6-4-5-7-15(13)22-19/h4-7,10-11,18,21-22H,8-9H2,1-3H3/p+1. The SMILES string of the molecule is COc1cc(C2[NH2+]CCc3c2[nH]c2ccccc32)cc(OC)c1OC. The Hall–Kier alpha value is -2.66. The lowest BCUT2D eigenvalue weighted by molar-refractivity contribution is -0.690. The summed E-state index contributed by atoms with van der Waals surface area (Å²) >= 11 is 0. The molecule has 5 nitrogen and oxygen atoms in total. The number of aromatic amines is 1. The third-order valence-electron chi connectivity index (χ3n) is 5.00. The van der Waals surface area contributed by atoms with Crippen LogP contribution >= 0.6 is 0 Å². The third kappa shape index (κ3) is 2.51. The van der Waals surface area contributed by atoms with Crippen molar-refractivity contribution in [1.29, 1.82) is 0 Å². The van der Waals surface area contributed by atoms with Gasteiger partial charge in [-0.1, -0.05) is 18.2 Å². The molecule has 0 bridgehead atoms. The van der Waals surface area contributed by atoms with Crippen molar-refractivity contribution in [2.24, 2.45) is 0 Å². The van der Waals surface area contributed by atoms with Crippen LogP contribution in [0.25, 0.3) is 10.9 Å². The van der Waals surface area contributed by atoms with Crippen LogP contribution in [0, 0.1) is 0 Å². The molecule has 0 aliphatic carbocycles. The second-order valence-electron chi connectivity index (χ2n) is 6.27. The van der Waals surface area contributed by atoms with Gasteiger partial charge in [-0.2, -0.15) is 0 Å². The molecule has 5 heteroatoms. The molecule has 1 aliphatic heterocycles. The van der Waals surface area contributed by atoms with E-state index in [-0.39, 0.29) is 6.04 Å². The first-order chi connectivity index (χ1) is 12.3. The molecule has 0 saturated heterocycles. The van der Waals surface area contributed by atoms with Crippen molar-refractivity contribution in [3.8, 4) is 17.2 Å². The highest BCUT2D eigenvalue weighted by molar-refractivity contribution is 5.85. The highest BCUT2D eigenvalue weighted by Crippen LogP contribution is 2.41. The molecule has 2 aromatic carbocycles. The number of para-hydroxylation sites is 1.